The fourth-order valence-electron chi connectivity index (χ4n) is 1.21. The van der Waals surface area contributed by atoms with Crippen LogP contribution in [-0.4, -0.2) is 15.0 Å². The van der Waals surface area contributed by atoms with Crippen molar-refractivity contribution in [2.75, 3.05) is 0 Å². The lowest BCUT2D eigenvalue weighted by Crippen LogP contribution is -1.95. The first-order chi connectivity index (χ1) is 7.58. The standard InChI is InChI=1S/C10H7BrClN3S/c1-5-8(11)10(16)15-9(14-5)7-3-2-6(12)4-13-7/h2-4H,1H3,(H,14,15,16). The maximum atomic E-state index is 5.77. The Bertz CT molecular complexity index is 580. The summed E-state index contributed by atoms with van der Waals surface area (Å²) < 4.78 is 1.32. The quantitative estimate of drug-likeness (QED) is 0.811. The zero-order valence-corrected chi connectivity index (χ0v) is 11.4. The highest BCUT2D eigenvalue weighted by molar-refractivity contribution is 9.10. The first-order valence-corrected chi connectivity index (χ1v) is 6.04. The van der Waals surface area contributed by atoms with E-state index in [1.807, 2.05) is 6.92 Å². The summed E-state index contributed by atoms with van der Waals surface area (Å²) in [6.45, 7) is 1.92. The molecule has 16 heavy (non-hydrogen) atoms. The number of nitrogens with one attached hydrogen (secondary N) is 1. The van der Waals surface area contributed by atoms with E-state index in [1.54, 1.807) is 18.3 Å². The molecule has 82 valence electrons. The van der Waals surface area contributed by atoms with Gasteiger partial charge in [-0.3, -0.25) is 4.98 Å². The molecule has 0 bridgehead atoms. The molecule has 0 aromatic carbocycles. The van der Waals surface area contributed by atoms with Gasteiger partial charge in [0, 0.05) is 11.9 Å². The van der Waals surface area contributed by atoms with Crippen LogP contribution in [0.3, 0.4) is 0 Å². The molecule has 0 fully saturated rings. The molecule has 2 aromatic rings. The predicted octanol–water partition coefficient (Wildman–Crippen LogP) is 3.93. The van der Waals surface area contributed by atoms with Crippen LogP contribution in [0.5, 0.6) is 0 Å². The van der Waals surface area contributed by atoms with Crippen LogP contribution in [0, 0.1) is 11.6 Å². The van der Waals surface area contributed by atoms with Gasteiger partial charge in [-0.25, -0.2) is 4.98 Å². The molecule has 2 heterocycles. The Morgan fingerprint density at radius 3 is 2.75 bits per heavy atom. The summed E-state index contributed by atoms with van der Waals surface area (Å²) in [5.41, 5.74) is 1.64. The Balaban J connectivity index is 2.57. The van der Waals surface area contributed by atoms with Gasteiger partial charge in [-0.2, -0.15) is 0 Å². The van der Waals surface area contributed by atoms with Crippen molar-refractivity contribution in [3.05, 3.63) is 38.2 Å². The van der Waals surface area contributed by atoms with E-state index in [2.05, 4.69) is 30.9 Å². The minimum absolute atomic E-state index is 0.517. The lowest BCUT2D eigenvalue weighted by Gasteiger charge is -2.04. The average Bonchev–Trinajstić information content (AvgIpc) is 2.26. The highest BCUT2D eigenvalue weighted by atomic mass is 79.9. The van der Waals surface area contributed by atoms with Crippen LogP contribution in [-0.2, 0) is 0 Å². The molecule has 0 aliphatic rings. The Kier molecular flexibility index (Phi) is 3.37. The number of pyridine rings is 1. The molecule has 0 amide bonds. The second kappa shape index (κ2) is 4.61. The summed E-state index contributed by atoms with van der Waals surface area (Å²) in [4.78, 5) is 11.5. The highest BCUT2D eigenvalue weighted by Crippen LogP contribution is 2.20. The molecule has 0 atom stereocenters. The third-order valence-electron chi connectivity index (χ3n) is 2.01. The molecule has 0 saturated heterocycles. The van der Waals surface area contributed by atoms with Gasteiger partial charge in [-0.05, 0) is 35.0 Å². The summed E-state index contributed by atoms with van der Waals surface area (Å²) in [7, 11) is 0. The van der Waals surface area contributed by atoms with Crippen molar-refractivity contribution in [3.8, 4) is 11.5 Å². The minimum Gasteiger partial charge on any atom is -0.341 e. The summed E-state index contributed by atoms with van der Waals surface area (Å²) in [6, 6.07) is 3.56. The van der Waals surface area contributed by atoms with E-state index in [0.717, 1.165) is 10.2 Å². The number of hydrogen-bond acceptors (Lipinski definition) is 3. The van der Waals surface area contributed by atoms with E-state index in [-0.39, 0.29) is 0 Å². The average molecular weight is 317 g/mol. The zero-order valence-electron chi connectivity index (χ0n) is 8.29. The van der Waals surface area contributed by atoms with Crippen molar-refractivity contribution in [2.45, 2.75) is 6.92 Å². The molecule has 0 saturated carbocycles. The van der Waals surface area contributed by atoms with Crippen molar-refractivity contribution >= 4 is 39.7 Å². The number of halogens is 2. The summed E-state index contributed by atoms with van der Waals surface area (Å²) in [5.74, 6) is 0.641. The summed E-state index contributed by atoms with van der Waals surface area (Å²) >= 11 is 14.2. The smallest absolute Gasteiger partial charge is 0.157 e. The molecule has 2 rings (SSSR count). The van der Waals surface area contributed by atoms with Gasteiger partial charge in [-0.15, -0.1) is 0 Å². The van der Waals surface area contributed by atoms with Crippen molar-refractivity contribution < 1.29 is 0 Å². The van der Waals surface area contributed by atoms with Gasteiger partial charge in [0.2, 0.25) is 0 Å². The molecule has 0 aliphatic heterocycles. The molecule has 0 unspecified atom stereocenters. The minimum atomic E-state index is 0.517. The van der Waals surface area contributed by atoms with Crippen LogP contribution < -0.4 is 0 Å². The fraction of sp³-hybridized carbons (Fsp3) is 0.100. The van der Waals surface area contributed by atoms with Gasteiger partial charge in [0.05, 0.1) is 9.50 Å². The first-order valence-electron chi connectivity index (χ1n) is 4.46. The van der Waals surface area contributed by atoms with E-state index in [9.17, 15) is 0 Å². The Labute approximate surface area is 111 Å². The van der Waals surface area contributed by atoms with Crippen LogP contribution in [0.1, 0.15) is 5.69 Å². The van der Waals surface area contributed by atoms with Crippen LogP contribution in [0.15, 0.2) is 22.8 Å². The van der Waals surface area contributed by atoms with Gasteiger partial charge < -0.3 is 4.98 Å². The van der Waals surface area contributed by atoms with Crippen LogP contribution >= 0.6 is 39.7 Å². The molecule has 6 heteroatoms. The number of H-pyrrole nitrogens is 1. The Morgan fingerprint density at radius 1 is 1.44 bits per heavy atom. The van der Waals surface area contributed by atoms with Crippen LogP contribution in [0.25, 0.3) is 11.5 Å². The SMILES string of the molecule is Cc1[nH]c(-c2ccc(Cl)cn2)nc(=S)c1Br. The monoisotopic (exact) mass is 315 g/mol. The molecule has 0 radical (unpaired) electrons. The molecule has 2 aromatic heterocycles. The van der Waals surface area contributed by atoms with E-state index in [1.165, 1.54) is 0 Å². The van der Waals surface area contributed by atoms with Crippen molar-refractivity contribution in [3.63, 3.8) is 0 Å². The van der Waals surface area contributed by atoms with Crippen molar-refractivity contribution in [1.29, 1.82) is 0 Å². The van der Waals surface area contributed by atoms with Gasteiger partial charge in [-0.1, -0.05) is 23.8 Å². The van der Waals surface area contributed by atoms with Crippen LogP contribution in [0.4, 0.5) is 0 Å². The molecule has 1 N–H and O–H groups in total. The van der Waals surface area contributed by atoms with E-state index in [4.69, 9.17) is 23.8 Å². The van der Waals surface area contributed by atoms with Gasteiger partial charge >= 0.3 is 0 Å². The molecular formula is C10H7BrClN3S. The molecule has 0 spiro atoms. The number of hydrogen-bond donors (Lipinski definition) is 1. The van der Waals surface area contributed by atoms with Gasteiger partial charge in [0.15, 0.2) is 5.82 Å². The first kappa shape index (κ1) is 11.7. The number of aromatic amines is 1. The normalized spacial score (nSPS) is 10.4. The Hall–Kier alpha value is -0.780. The number of aromatic nitrogens is 3. The van der Waals surface area contributed by atoms with Crippen molar-refractivity contribution in [1.82, 2.24) is 15.0 Å². The molecule has 3 nitrogen and oxygen atoms in total. The highest BCUT2D eigenvalue weighted by Gasteiger charge is 2.05. The molecular weight excluding hydrogens is 310 g/mol. The maximum Gasteiger partial charge on any atom is 0.157 e. The molecule has 0 aliphatic carbocycles. The van der Waals surface area contributed by atoms with Gasteiger partial charge in [0.1, 0.15) is 10.3 Å². The van der Waals surface area contributed by atoms with E-state index in [0.29, 0.717) is 21.2 Å². The second-order valence-corrected chi connectivity index (χ2v) is 4.81. The largest absolute Gasteiger partial charge is 0.341 e. The fourth-order valence-corrected chi connectivity index (χ4v) is 1.75. The van der Waals surface area contributed by atoms with E-state index >= 15 is 0 Å². The maximum absolute atomic E-state index is 5.77. The number of rotatable bonds is 1. The third-order valence-corrected chi connectivity index (χ3v) is 3.76. The predicted molar refractivity (Wildman–Crippen MR) is 70.1 cm³/mol. The van der Waals surface area contributed by atoms with E-state index < -0.39 is 0 Å². The number of nitrogens with zero attached hydrogens (tertiary/aromatic N) is 2. The lowest BCUT2D eigenvalue weighted by molar-refractivity contribution is 1.06. The van der Waals surface area contributed by atoms with Crippen LogP contribution in [0.2, 0.25) is 5.02 Å². The summed E-state index contributed by atoms with van der Waals surface area (Å²) in [6.07, 6.45) is 1.58. The van der Waals surface area contributed by atoms with Gasteiger partial charge in [0.25, 0.3) is 0 Å². The topological polar surface area (TPSA) is 41.6 Å². The Morgan fingerprint density at radius 2 is 2.19 bits per heavy atom. The van der Waals surface area contributed by atoms with Crippen molar-refractivity contribution in [2.24, 2.45) is 0 Å². The summed E-state index contributed by atoms with van der Waals surface area (Å²) in [5, 5.41) is 0.594. The third kappa shape index (κ3) is 2.31. The zero-order chi connectivity index (χ0) is 11.7. The lowest BCUT2D eigenvalue weighted by atomic mass is 10.3. The second-order valence-electron chi connectivity index (χ2n) is 3.19. The number of aryl methyl sites for hydroxylation is 1.